The molecule has 180 valence electrons. The highest BCUT2D eigenvalue weighted by atomic mass is 32.2. The van der Waals surface area contributed by atoms with Crippen LogP contribution in [0.1, 0.15) is 42.1 Å². The Kier molecular flexibility index (Phi) is 8.19. The number of aromatic nitrogens is 1. The van der Waals surface area contributed by atoms with Crippen molar-refractivity contribution >= 4 is 21.8 Å². The first-order valence-corrected chi connectivity index (χ1v) is 12.4. The van der Waals surface area contributed by atoms with E-state index in [1.807, 2.05) is 31.2 Å². The number of nitrogens with one attached hydrogen (secondary N) is 2. The van der Waals surface area contributed by atoms with Gasteiger partial charge in [-0.15, -0.1) is 0 Å². The van der Waals surface area contributed by atoms with Crippen LogP contribution in [0.15, 0.2) is 64.0 Å². The van der Waals surface area contributed by atoms with Gasteiger partial charge in [-0.25, -0.2) is 13.4 Å². The maximum atomic E-state index is 12.7. The van der Waals surface area contributed by atoms with Gasteiger partial charge in [-0.2, -0.15) is 4.31 Å². The Morgan fingerprint density at radius 2 is 1.74 bits per heavy atom. The van der Waals surface area contributed by atoms with Gasteiger partial charge in [0.1, 0.15) is 0 Å². The van der Waals surface area contributed by atoms with Crippen LogP contribution in [0, 0.1) is 6.92 Å². The maximum absolute atomic E-state index is 12.7. The first kappa shape index (κ1) is 25.1. The summed E-state index contributed by atoms with van der Waals surface area (Å²) in [5.41, 5.74) is 6.79. The van der Waals surface area contributed by atoms with Crippen molar-refractivity contribution in [3.05, 3.63) is 71.7 Å². The molecule has 0 spiro atoms. The van der Waals surface area contributed by atoms with Gasteiger partial charge >= 0.3 is 0 Å². The van der Waals surface area contributed by atoms with Crippen LogP contribution in [-0.4, -0.2) is 42.6 Å². The lowest BCUT2D eigenvalue weighted by atomic mass is 10.1. The molecule has 0 saturated heterocycles. The van der Waals surface area contributed by atoms with Gasteiger partial charge in [0.15, 0.2) is 11.7 Å². The number of hydrogen-bond acceptors (Lipinski definition) is 6. The van der Waals surface area contributed by atoms with Crippen LogP contribution in [0.2, 0.25) is 0 Å². The molecule has 0 unspecified atom stereocenters. The van der Waals surface area contributed by atoms with E-state index in [-0.39, 0.29) is 23.3 Å². The van der Waals surface area contributed by atoms with Crippen LogP contribution in [0.3, 0.4) is 0 Å². The summed E-state index contributed by atoms with van der Waals surface area (Å²) < 4.78 is 32.3. The van der Waals surface area contributed by atoms with Crippen LogP contribution in [0.4, 0.5) is 0 Å². The van der Waals surface area contributed by atoms with Crippen LogP contribution in [0.25, 0.3) is 11.3 Å². The summed E-state index contributed by atoms with van der Waals surface area (Å²) >= 11 is 0. The molecule has 0 aliphatic rings. The van der Waals surface area contributed by atoms with Crippen molar-refractivity contribution in [3.63, 3.8) is 0 Å². The number of carbonyl (C=O) groups is 2. The summed E-state index contributed by atoms with van der Waals surface area (Å²) in [5, 5.41) is 0. The second-order valence-electron chi connectivity index (χ2n) is 7.60. The predicted octanol–water partition coefficient (Wildman–Crippen LogP) is 3.07. The van der Waals surface area contributed by atoms with Crippen molar-refractivity contribution < 1.29 is 22.4 Å². The fourth-order valence-corrected chi connectivity index (χ4v) is 4.77. The van der Waals surface area contributed by atoms with Crippen molar-refractivity contribution in [2.24, 2.45) is 0 Å². The summed E-state index contributed by atoms with van der Waals surface area (Å²) in [5.74, 6) is -0.0345. The van der Waals surface area contributed by atoms with Crippen molar-refractivity contribution in [3.8, 4) is 11.3 Å². The minimum atomic E-state index is -3.70. The second kappa shape index (κ2) is 11.1. The van der Waals surface area contributed by atoms with E-state index in [1.54, 1.807) is 20.0 Å². The van der Waals surface area contributed by atoms with E-state index in [0.717, 1.165) is 11.1 Å². The molecule has 0 bridgehead atoms. The monoisotopic (exact) mass is 484 g/mol. The Hall–Kier alpha value is -3.50. The maximum Gasteiger partial charge on any atom is 0.269 e. The molecule has 0 fully saturated rings. The summed E-state index contributed by atoms with van der Waals surface area (Å²) in [6.07, 6.45) is 1.91. The molecule has 3 aromatic rings. The molecule has 2 amide bonds. The third kappa shape index (κ3) is 6.09. The number of amides is 2. The van der Waals surface area contributed by atoms with E-state index in [1.165, 1.54) is 28.6 Å². The molecule has 9 nitrogen and oxygen atoms in total. The smallest absolute Gasteiger partial charge is 0.269 e. The molecule has 1 heterocycles. The van der Waals surface area contributed by atoms with Crippen LogP contribution >= 0.6 is 0 Å². The number of benzene rings is 2. The Balaban J connectivity index is 1.54. The number of sulfonamides is 1. The van der Waals surface area contributed by atoms with Crippen LogP contribution in [-0.2, 0) is 21.2 Å². The Labute approximate surface area is 199 Å². The van der Waals surface area contributed by atoms with Crippen molar-refractivity contribution in [2.75, 3.05) is 13.1 Å². The summed E-state index contributed by atoms with van der Waals surface area (Å²) in [6, 6.07) is 13.5. The van der Waals surface area contributed by atoms with Crippen LogP contribution < -0.4 is 10.9 Å². The van der Waals surface area contributed by atoms with Gasteiger partial charge in [-0.05, 0) is 25.1 Å². The van der Waals surface area contributed by atoms with E-state index in [2.05, 4.69) is 15.8 Å². The van der Waals surface area contributed by atoms with Crippen molar-refractivity contribution in [2.45, 2.75) is 38.5 Å². The minimum Gasteiger partial charge on any atom is -0.441 e. The number of rotatable bonds is 9. The number of aryl methyl sites for hydroxylation is 2. The molecule has 0 aliphatic heterocycles. The van der Waals surface area contributed by atoms with Gasteiger partial charge < -0.3 is 4.42 Å². The summed E-state index contributed by atoms with van der Waals surface area (Å²) in [4.78, 5) is 28.8. The van der Waals surface area contributed by atoms with E-state index >= 15 is 0 Å². The molecule has 2 N–H and O–H groups in total. The molecule has 3 rings (SSSR count). The Bertz CT molecular complexity index is 1250. The summed E-state index contributed by atoms with van der Waals surface area (Å²) in [6.45, 7) is 6.13. The zero-order chi connectivity index (χ0) is 24.7. The van der Waals surface area contributed by atoms with Gasteiger partial charge in [0.25, 0.3) is 5.91 Å². The highest BCUT2D eigenvalue weighted by Crippen LogP contribution is 2.21. The quantitative estimate of drug-likeness (QED) is 0.450. The average Bonchev–Trinajstić information content (AvgIpc) is 3.31. The first-order valence-electron chi connectivity index (χ1n) is 11.0. The largest absolute Gasteiger partial charge is 0.441 e. The summed E-state index contributed by atoms with van der Waals surface area (Å²) in [7, 11) is -3.70. The highest BCUT2D eigenvalue weighted by Gasteiger charge is 2.22. The topological polar surface area (TPSA) is 122 Å². The third-order valence-corrected chi connectivity index (χ3v) is 7.26. The zero-order valence-corrected chi connectivity index (χ0v) is 20.2. The van der Waals surface area contributed by atoms with E-state index in [0.29, 0.717) is 24.7 Å². The third-order valence-electron chi connectivity index (χ3n) is 5.21. The Morgan fingerprint density at radius 3 is 2.41 bits per heavy atom. The van der Waals surface area contributed by atoms with E-state index in [4.69, 9.17) is 4.42 Å². The second-order valence-corrected chi connectivity index (χ2v) is 9.54. The molecule has 34 heavy (non-hydrogen) atoms. The molecule has 0 saturated carbocycles. The number of hydrazine groups is 1. The van der Waals surface area contributed by atoms with Gasteiger partial charge in [-0.3, -0.25) is 20.4 Å². The number of carbonyl (C=O) groups excluding carboxylic acids is 2. The predicted molar refractivity (Wildman–Crippen MR) is 127 cm³/mol. The van der Waals surface area contributed by atoms with Gasteiger partial charge in [0.05, 0.1) is 11.1 Å². The normalized spacial score (nSPS) is 11.4. The van der Waals surface area contributed by atoms with Gasteiger partial charge in [0, 0.05) is 37.1 Å². The molecular formula is C24H28N4O5S. The molecule has 10 heteroatoms. The molecule has 1 aromatic heterocycles. The SMILES string of the molecule is CCN(CC)S(=O)(=O)c1cccc(C(=O)NNC(=O)CCc2ncc(-c3ccc(C)cc3)o2)c1. The van der Waals surface area contributed by atoms with Crippen molar-refractivity contribution in [1.29, 1.82) is 0 Å². The number of hydrogen-bond donors (Lipinski definition) is 2. The molecule has 2 aromatic carbocycles. The minimum absolute atomic E-state index is 0.0171. The molecular weight excluding hydrogens is 456 g/mol. The average molecular weight is 485 g/mol. The number of nitrogens with zero attached hydrogens (tertiary/aromatic N) is 2. The fourth-order valence-electron chi connectivity index (χ4n) is 3.27. The zero-order valence-electron chi connectivity index (χ0n) is 19.4. The van der Waals surface area contributed by atoms with E-state index < -0.39 is 21.8 Å². The lowest BCUT2D eigenvalue weighted by Gasteiger charge is -2.18. The highest BCUT2D eigenvalue weighted by molar-refractivity contribution is 7.89. The first-order chi connectivity index (χ1) is 16.2. The van der Waals surface area contributed by atoms with Gasteiger partial charge in [-0.1, -0.05) is 49.7 Å². The molecule has 0 atom stereocenters. The van der Waals surface area contributed by atoms with Gasteiger partial charge in [0.2, 0.25) is 15.9 Å². The lowest BCUT2D eigenvalue weighted by molar-refractivity contribution is -0.121. The van der Waals surface area contributed by atoms with Crippen LogP contribution in [0.5, 0.6) is 0 Å². The molecule has 0 radical (unpaired) electrons. The molecule has 0 aliphatic carbocycles. The van der Waals surface area contributed by atoms with Crippen molar-refractivity contribution in [1.82, 2.24) is 20.1 Å². The fraction of sp³-hybridized carbons (Fsp3) is 0.292. The standard InChI is InChI=1S/C24H28N4O5S/c1-4-28(5-2)34(31,32)20-8-6-7-19(15-20)24(30)27-26-22(29)13-14-23-25-16-21(33-23)18-11-9-17(3)10-12-18/h6-12,15-16H,4-5,13-14H2,1-3H3,(H,26,29)(H,27,30). The lowest BCUT2D eigenvalue weighted by Crippen LogP contribution is -2.41. The Morgan fingerprint density at radius 1 is 1.03 bits per heavy atom. The number of oxazole rings is 1. The van der Waals surface area contributed by atoms with E-state index in [9.17, 15) is 18.0 Å².